The molecule has 18 heavy (non-hydrogen) atoms. The number of allylic oxidation sites excluding steroid dienone is 1. The fourth-order valence-electron chi connectivity index (χ4n) is 1.83. The molecule has 98 valence electrons. The molecule has 3 heteroatoms. The average Bonchev–Trinajstić information content (AvgIpc) is 2.33. The van der Waals surface area contributed by atoms with Crippen molar-refractivity contribution < 1.29 is 14.6 Å². The highest BCUT2D eigenvalue weighted by Gasteiger charge is 2.06. The van der Waals surface area contributed by atoms with Crippen LogP contribution in [0.4, 0.5) is 0 Å². The van der Waals surface area contributed by atoms with Crippen LogP contribution in [0.3, 0.4) is 0 Å². The van der Waals surface area contributed by atoms with Crippen LogP contribution in [-0.2, 0) is 4.79 Å². The third-order valence-corrected chi connectivity index (χ3v) is 2.70. The Morgan fingerprint density at radius 1 is 1.39 bits per heavy atom. The summed E-state index contributed by atoms with van der Waals surface area (Å²) in [5, 5.41) is 8.84. The summed E-state index contributed by atoms with van der Waals surface area (Å²) in [6, 6.07) is 5.78. The van der Waals surface area contributed by atoms with Crippen molar-refractivity contribution in [2.75, 3.05) is 6.61 Å². The van der Waals surface area contributed by atoms with Gasteiger partial charge in [-0.1, -0.05) is 19.9 Å². The smallest absolute Gasteiger partial charge is 0.328 e. The molecule has 0 aliphatic rings. The van der Waals surface area contributed by atoms with Crippen molar-refractivity contribution in [3.63, 3.8) is 0 Å². The van der Waals surface area contributed by atoms with Crippen molar-refractivity contribution in [3.05, 3.63) is 35.4 Å². The molecular weight excluding hydrogens is 228 g/mol. The summed E-state index contributed by atoms with van der Waals surface area (Å²) in [4.78, 5) is 10.8. The van der Waals surface area contributed by atoms with Crippen molar-refractivity contribution >= 4 is 11.5 Å². The van der Waals surface area contributed by atoms with Crippen LogP contribution in [0.25, 0.3) is 5.57 Å². The van der Waals surface area contributed by atoms with Crippen molar-refractivity contribution in [1.29, 1.82) is 0 Å². The van der Waals surface area contributed by atoms with Gasteiger partial charge < -0.3 is 9.84 Å². The highest BCUT2D eigenvalue weighted by Crippen LogP contribution is 2.25. The van der Waals surface area contributed by atoms with Crippen LogP contribution in [0.2, 0.25) is 0 Å². The fraction of sp³-hybridized carbons (Fsp3) is 0.400. The maximum Gasteiger partial charge on any atom is 0.328 e. The molecule has 3 nitrogen and oxygen atoms in total. The zero-order valence-electron chi connectivity index (χ0n) is 11.2. The molecule has 1 aromatic rings. The van der Waals surface area contributed by atoms with Crippen molar-refractivity contribution in [1.82, 2.24) is 0 Å². The Hall–Kier alpha value is -1.77. The van der Waals surface area contributed by atoms with Gasteiger partial charge in [-0.15, -0.1) is 0 Å². The Kier molecular flexibility index (Phi) is 5.43. The van der Waals surface area contributed by atoms with E-state index in [1.165, 1.54) is 6.08 Å². The number of hydrogen-bond donors (Lipinski definition) is 1. The summed E-state index contributed by atoms with van der Waals surface area (Å²) in [7, 11) is 0. The number of carbonyl (C=O) groups is 1. The monoisotopic (exact) mass is 248 g/mol. The molecule has 0 heterocycles. The average molecular weight is 248 g/mol. The van der Waals surface area contributed by atoms with Crippen LogP contribution in [0.5, 0.6) is 5.75 Å². The van der Waals surface area contributed by atoms with Crippen LogP contribution < -0.4 is 4.74 Å². The predicted molar refractivity (Wildman–Crippen MR) is 72.9 cm³/mol. The second-order valence-corrected chi connectivity index (χ2v) is 4.19. The molecule has 0 fully saturated rings. The number of ether oxygens (including phenoxy) is 1. The molecule has 0 aromatic heterocycles. The maximum atomic E-state index is 10.8. The molecule has 0 unspecified atom stereocenters. The van der Waals surface area contributed by atoms with Gasteiger partial charge in [0.25, 0.3) is 0 Å². The summed E-state index contributed by atoms with van der Waals surface area (Å²) < 4.78 is 5.55. The molecule has 0 aliphatic carbocycles. The van der Waals surface area contributed by atoms with E-state index in [9.17, 15) is 4.79 Å². The fourth-order valence-corrected chi connectivity index (χ4v) is 1.83. The van der Waals surface area contributed by atoms with E-state index in [-0.39, 0.29) is 0 Å². The maximum absolute atomic E-state index is 10.8. The van der Waals surface area contributed by atoms with Crippen molar-refractivity contribution in [2.45, 2.75) is 33.6 Å². The third kappa shape index (κ3) is 3.91. The topological polar surface area (TPSA) is 46.5 Å². The number of rotatable bonds is 6. The minimum absolute atomic E-state index is 0.697. The SMILES string of the molecule is CCCOc1ccc(/C(=C/C(=O)O)CC)c(C)c1. The Morgan fingerprint density at radius 2 is 2.11 bits per heavy atom. The first-order chi connectivity index (χ1) is 8.58. The normalized spacial score (nSPS) is 11.4. The van der Waals surface area contributed by atoms with E-state index >= 15 is 0 Å². The lowest BCUT2D eigenvalue weighted by Gasteiger charge is -2.11. The van der Waals surface area contributed by atoms with Gasteiger partial charge in [-0.05, 0) is 48.6 Å². The second kappa shape index (κ2) is 6.84. The number of carboxylic acid groups (broad SMARTS) is 1. The molecule has 0 atom stereocenters. The molecule has 1 rings (SSSR count). The molecular formula is C15H20O3. The van der Waals surface area contributed by atoms with Crippen LogP contribution in [0, 0.1) is 6.92 Å². The summed E-state index contributed by atoms with van der Waals surface area (Å²) in [5.41, 5.74) is 2.85. The number of aliphatic carboxylic acids is 1. The first-order valence-corrected chi connectivity index (χ1v) is 6.25. The summed E-state index contributed by atoms with van der Waals surface area (Å²) in [5.74, 6) is -0.0681. The zero-order valence-corrected chi connectivity index (χ0v) is 11.2. The lowest BCUT2D eigenvalue weighted by molar-refractivity contribution is -0.131. The number of carboxylic acids is 1. The molecule has 0 saturated carbocycles. The van der Waals surface area contributed by atoms with Crippen LogP contribution in [0.1, 0.15) is 37.8 Å². The molecule has 0 amide bonds. The van der Waals surface area contributed by atoms with Gasteiger partial charge in [0.2, 0.25) is 0 Å². The molecule has 1 aromatic carbocycles. The van der Waals surface area contributed by atoms with E-state index in [4.69, 9.17) is 9.84 Å². The molecule has 0 saturated heterocycles. The van der Waals surface area contributed by atoms with Crippen LogP contribution >= 0.6 is 0 Å². The Labute approximate surface area is 108 Å². The quantitative estimate of drug-likeness (QED) is 0.781. The standard InChI is InChI=1S/C15H20O3/c1-4-8-18-13-6-7-14(11(3)9-13)12(5-2)10-15(16)17/h6-7,9-10H,4-5,8H2,1-3H3,(H,16,17)/b12-10+. The Morgan fingerprint density at radius 3 is 2.61 bits per heavy atom. The first kappa shape index (κ1) is 14.3. The lowest BCUT2D eigenvalue weighted by Crippen LogP contribution is -1.98. The summed E-state index contributed by atoms with van der Waals surface area (Å²) >= 11 is 0. The largest absolute Gasteiger partial charge is 0.494 e. The second-order valence-electron chi connectivity index (χ2n) is 4.19. The Bertz CT molecular complexity index is 447. The number of aryl methyl sites for hydroxylation is 1. The van der Waals surface area contributed by atoms with Crippen LogP contribution in [0.15, 0.2) is 24.3 Å². The molecule has 0 aliphatic heterocycles. The van der Waals surface area contributed by atoms with E-state index in [1.807, 2.05) is 32.0 Å². The highest BCUT2D eigenvalue weighted by molar-refractivity contribution is 5.90. The van der Waals surface area contributed by atoms with Crippen molar-refractivity contribution in [3.8, 4) is 5.75 Å². The summed E-state index contributed by atoms with van der Waals surface area (Å²) in [6.07, 6.45) is 2.94. The first-order valence-electron chi connectivity index (χ1n) is 6.25. The molecule has 0 spiro atoms. The van der Waals surface area contributed by atoms with Gasteiger partial charge >= 0.3 is 5.97 Å². The van der Waals surface area contributed by atoms with Crippen LogP contribution in [-0.4, -0.2) is 17.7 Å². The van der Waals surface area contributed by atoms with E-state index in [0.29, 0.717) is 13.0 Å². The predicted octanol–water partition coefficient (Wildman–Crippen LogP) is 3.66. The van der Waals surface area contributed by atoms with E-state index in [2.05, 4.69) is 6.92 Å². The van der Waals surface area contributed by atoms with E-state index in [1.54, 1.807) is 0 Å². The van der Waals surface area contributed by atoms with Gasteiger partial charge in [0.1, 0.15) is 5.75 Å². The van der Waals surface area contributed by atoms with Gasteiger partial charge in [0.15, 0.2) is 0 Å². The lowest BCUT2D eigenvalue weighted by atomic mass is 9.98. The van der Waals surface area contributed by atoms with Gasteiger partial charge in [-0.3, -0.25) is 0 Å². The summed E-state index contributed by atoms with van der Waals surface area (Å²) in [6.45, 7) is 6.69. The Balaban J connectivity index is 3.00. The highest BCUT2D eigenvalue weighted by atomic mass is 16.5. The number of benzene rings is 1. The van der Waals surface area contributed by atoms with E-state index < -0.39 is 5.97 Å². The molecule has 1 N–H and O–H groups in total. The molecule has 0 bridgehead atoms. The molecule has 0 radical (unpaired) electrons. The van der Waals surface area contributed by atoms with Gasteiger partial charge in [0.05, 0.1) is 6.61 Å². The van der Waals surface area contributed by atoms with Gasteiger partial charge in [-0.25, -0.2) is 4.79 Å². The van der Waals surface area contributed by atoms with Gasteiger partial charge in [0, 0.05) is 6.08 Å². The number of hydrogen-bond acceptors (Lipinski definition) is 2. The minimum Gasteiger partial charge on any atom is -0.494 e. The van der Waals surface area contributed by atoms with Gasteiger partial charge in [-0.2, -0.15) is 0 Å². The van der Waals surface area contributed by atoms with E-state index in [0.717, 1.165) is 28.9 Å². The van der Waals surface area contributed by atoms with Crippen molar-refractivity contribution in [2.24, 2.45) is 0 Å². The zero-order chi connectivity index (χ0) is 13.5. The third-order valence-electron chi connectivity index (χ3n) is 2.70. The minimum atomic E-state index is -0.905.